The summed E-state index contributed by atoms with van der Waals surface area (Å²) in [4.78, 5) is 15.1. The molecule has 0 saturated heterocycles. The minimum Gasteiger partial charge on any atom is -0.493 e. The van der Waals surface area contributed by atoms with Crippen LogP contribution in [0, 0.1) is 6.92 Å². The summed E-state index contributed by atoms with van der Waals surface area (Å²) in [5.41, 5.74) is 4.64. The average Bonchev–Trinajstić information content (AvgIpc) is 2.72. The van der Waals surface area contributed by atoms with Crippen molar-refractivity contribution in [2.24, 2.45) is 5.10 Å². The Morgan fingerprint density at radius 2 is 2.00 bits per heavy atom. The molecular weight excluding hydrogens is 358 g/mol. The highest BCUT2D eigenvalue weighted by atomic mass is 16.5. The van der Waals surface area contributed by atoms with Gasteiger partial charge in [0, 0.05) is 12.0 Å². The fourth-order valence-electron chi connectivity index (χ4n) is 2.53. The van der Waals surface area contributed by atoms with Crippen LogP contribution in [0.1, 0.15) is 16.8 Å². The normalized spacial score (nSPS) is 10.8. The molecule has 3 rings (SSSR count). The van der Waals surface area contributed by atoms with Crippen molar-refractivity contribution in [1.82, 2.24) is 15.2 Å². The van der Waals surface area contributed by atoms with Crippen molar-refractivity contribution in [3.05, 3.63) is 75.8 Å². The number of anilines is 1. The van der Waals surface area contributed by atoms with Crippen LogP contribution in [0.5, 0.6) is 11.5 Å². The van der Waals surface area contributed by atoms with Gasteiger partial charge in [0.1, 0.15) is 5.69 Å². The minimum absolute atomic E-state index is 0.287. The summed E-state index contributed by atoms with van der Waals surface area (Å²) in [6.07, 6.45) is 2.36. The summed E-state index contributed by atoms with van der Waals surface area (Å²) in [5, 5.41) is 10.3. The van der Waals surface area contributed by atoms with Crippen LogP contribution in [-0.2, 0) is 6.42 Å². The van der Waals surface area contributed by atoms with E-state index in [1.807, 2.05) is 36.4 Å². The van der Waals surface area contributed by atoms with Crippen molar-refractivity contribution in [3.8, 4) is 11.5 Å². The van der Waals surface area contributed by atoms with E-state index in [2.05, 4.69) is 37.8 Å². The van der Waals surface area contributed by atoms with Gasteiger partial charge in [0.15, 0.2) is 17.3 Å². The van der Waals surface area contributed by atoms with Gasteiger partial charge in [-0.2, -0.15) is 15.2 Å². The third-order valence-electron chi connectivity index (χ3n) is 3.96. The van der Waals surface area contributed by atoms with E-state index in [9.17, 15) is 4.79 Å². The van der Waals surface area contributed by atoms with Gasteiger partial charge in [-0.1, -0.05) is 36.4 Å². The number of aromatic amines is 1. The van der Waals surface area contributed by atoms with Gasteiger partial charge in [0.05, 0.1) is 19.9 Å². The summed E-state index contributed by atoms with van der Waals surface area (Å²) in [6.45, 7) is 2.21. The van der Waals surface area contributed by atoms with Crippen LogP contribution in [0.15, 0.2) is 58.4 Å². The monoisotopic (exact) mass is 379 g/mol. The lowest BCUT2D eigenvalue weighted by Crippen LogP contribution is -2.15. The highest BCUT2D eigenvalue weighted by Crippen LogP contribution is 2.30. The second-order valence-electron chi connectivity index (χ2n) is 5.91. The molecule has 1 heterocycles. The topological polar surface area (TPSA) is 101 Å². The maximum atomic E-state index is 11.3. The quantitative estimate of drug-likeness (QED) is 0.461. The molecule has 8 heteroatoms. The predicted molar refractivity (Wildman–Crippen MR) is 107 cm³/mol. The Hall–Kier alpha value is -3.68. The third kappa shape index (κ3) is 4.94. The Kier molecular flexibility index (Phi) is 6.35. The molecule has 2 aromatic carbocycles. The number of rotatable bonds is 8. The average molecular weight is 379 g/mol. The molecule has 0 saturated carbocycles. The van der Waals surface area contributed by atoms with E-state index in [1.165, 1.54) is 5.56 Å². The summed E-state index contributed by atoms with van der Waals surface area (Å²) in [7, 11) is 1.59. The van der Waals surface area contributed by atoms with E-state index < -0.39 is 5.69 Å². The molecule has 0 amide bonds. The SMILES string of the molecule is COc1cccc(/C=N\Nc2nc(=O)[nH]nc2C)c1OCCc1ccccc1. The second kappa shape index (κ2) is 9.31. The van der Waals surface area contributed by atoms with Gasteiger partial charge in [-0.05, 0) is 24.6 Å². The first-order chi connectivity index (χ1) is 13.7. The first-order valence-electron chi connectivity index (χ1n) is 8.73. The first kappa shape index (κ1) is 19.1. The lowest BCUT2D eigenvalue weighted by Gasteiger charge is -2.13. The number of nitrogens with zero attached hydrogens (tertiary/aromatic N) is 3. The van der Waals surface area contributed by atoms with Gasteiger partial charge >= 0.3 is 5.69 Å². The Morgan fingerprint density at radius 3 is 2.79 bits per heavy atom. The standard InChI is InChI=1S/C20H21N5O3/c1-14-19(22-20(26)25-23-14)24-21-13-16-9-6-10-17(27-2)18(16)28-12-11-15-7-4-3-5-8-15/h3-10,13H,11-12H2,1-2H3,(H2,22,24,25,26)/b21-13-. The Morgan fingerprint density at radius 1 is 1.18 bits per heavy atom. The fourth-order valence-corrected chi connectivity index (χ4v) is 2.53. The summed E-state index contributed by atoms with van der Waals surface area (Å²) < 4.78 is 11.4. The number of para-hydroxylation sites is 1. The Labute approximate surface area is 162 Å². The lowest BCUT2D eigenvalue weighted by molar-refractivity contribution is 0.297. The van der Waals surface area contributed by atoms with E-state index in [1.54, 1.807) is 20.2 Å². The Balaban J connectivity index is 1.73. The van der Waals surface area contributed by atoms with Crippen molar-refractivity contribution in [1.29, 1.82) is 0 Å². The molecular formula is C20H21N5O3. The molecule has 3 aromatic rings. The smallest absolute Gasteiger partial charge is 0.363 e. The van der Waals surface area contributed by atoms with Gasteiger partial charge in [-0.3, -0.25) is 5.43 Å². The number of benzene rings is 2. The zero-order valence-electron chi connectivity index (χ0n) is 15.7. The molecule has 0 radical (unpaired) electrons. The van der Waals surface area contributed by atoms with Gasteiger partial charge in [-0.25, -0.2) is 9.89 Å². The van der Waals surface area contributed by atoms with E-state index in [0.717, 1.165) is 12.0 Å². The van der Waals surface area contributed by atoms with Crippen LogP contribution in [0.2, 0.25) is 0 Å². The van der Waals surface area contributed by atoms with Crippen molar-refractivity contribution in [2.75, 3.05) is 19.1 Å². The summed E-state index contributed by atoms with van der Waals surface area (Å²) in [6, 6.07) is 15.6. The number of nitrogens with one attached hydrogen (secondary N) is 2. The maximum Gasteiger partial charge on any atom is 0.363 e. The Bertz CT molecular complexity index is 1000. The zero-order valence-corrected chi connectivity index (χ0v) is 15.7. The van der Waals surface area contributed by atoms with Crippen molar-refractivity contribution in [3.63, 3.8) is 0 Å². The van der Waals surface area contributed by atoms with Crippen LogP contribution < -0.4 is 20.6 Å². The van der Waals surface area contributed by atoms with Crippen molar-refractivity contribution in [2.45, 2.75) is 13.3 Å². The third-order valence-corrected chi connectivity index (χ3v) is 3.96. The number of aryl methyl sites for hydroxylation is 1. The molecule has 8 nitrogen and oxygen atoms in total. The molecule has 2 N–H and O–H groups in total. The molecule has 0 unspecified atom stereocenters. The zero-order chi connectivity index (χ0) is 19.8. The van der Waals surface area contributed by atoms with Gasteiger partial charge < -0.3 is 9.47 Å². The van der Waals surface area contributed by atoms with Gasteiger partial charge in [0.25, 0.3) is 0 Å². The molecule has 1 aromatic heterocycles. The predicted octanol–water partition coefficient (Wildman–Crippen LogP) is 2.55. The molecule has 0 aliphatic carbocycles. The lowest BCUT2D eigenvalue weighted by atomic mass is 10.1. The molecule has 144 valence electrons. The van der Waals surface area contributed by atoms with Crippen LogP contribution in [0.3, 0.4) is 0 Å². The van der Waals surface area contributed by atoms with Crippen molar-refractivity contribution < 1.29 is 9.47 Å². The second-order valence-corrected chi connectivity index (χ2v) is 5.91. The van der Waals surface area contributed by atoms with E-state index in [4.69, 9.17) is 9.47 Å². The van der Waals surface area contributed by atoms with Crippen molar-refractivity contribution >= 4 is 12.0 Å². The highest BCUT2D eigenvalue weighted by molar-refractivity contribution is 5.85. The highest BCUT2D eigenvalue weighted by Gasteiger charge is 2.09. The molecule has 0 atom stereocenters. The number of ether oxygens (including phenoxy) is 2. The van der Waals surface area contributed by atoms with Crippen LogP contribution >= 0.6 is 0 Å². The largest absolute Gasteiger partial charge is 0.493 e. The molecule has 0 fully saturated rings. The molecule has 0 aliphatic rings. The number of H-pyrrole nitrogens is 1. The number of hydrazone groups is 1. The van der Waals surface area contributed by atoms with E-state index in [-0.39, 0.29) is 5.82 Å². The molecule has 0 aliphatic heterocycles. The van der Waals surface area contributed by atoms with Crippen LogP contribution in [-0.4, -0.2) is 35.1 Å². The maximum absolute atomic E-state index is 11.3. The summed E-state index contributed by atoms with van der Waals surface area (Å²) >= 11 is 0. The van der Waals surface area contributed by atoms with Crippen LogP contribution in [0.25, 0.3) is 0 Å². The molecule has 28 heavy (non-hydrogen) atoms. The molecule has 0 spiro atoms. The molecule has 0 bridgehead atoms. The van der Waals surface area contributed by atoms with Crippen LogP contribution in [0.4, 0.5) is 5.82 Å². The number of methoxy groups -OCH3 is 1. The minimum atomic E-state index is -0.547. The van der Waals surface area contributed by atoms with E-state index in [0.29, 0.717) is 23.8 Å². The summed E-state index contributed by atoms with van der Waals surface area (Å²) in [5.74, 6) is 1.50. The van der Waals surface area contributed by atoms with Gasteiger partial charge in [0.2, 0.25) is 0 Å². The van der Waals surface area contributed by atoms with Gasteiger partial charge in [-0.15, -0.1) is 0 Å². The van der Waals surface area contributed by atoms with E-state index >= 15 is 0 Å². The number of hydrogen-bond donors (Lipinski definition) is 2. The number of hydrogen-bond acceptors (Lipinski definition) is 7. The fraction of sp³-hybridized carbons (Fsp3) is 0.200. The first-order valence-corrected chi connectivity index (χ1v) is 8.73. The number of aromatic nitrogens is 3.